The molecule has 0 aromatic carbocycles. The van der Waals surface area contributed by atoms with Gasteiger partial charge in [-0.2, -0.15) is 26.4 Å². The zero-order chi connectivity index (χ0) is 12.4. The van der Waals surface area contributed by atoms with Gasteiger partial charge in [-0.15, -0.1) is 11.3 Å². The van der Waals surface area contributed by atoms with Crippen molar-refractivity contribution >= 4 is 39.8 Å². The molecule has 17 heavy (non-hydrogen) atoms. The van der Waals surface area contributed by atoms with Gasteiger partial charge in [0.2, 0.25) is 10.9 Å². The van der Waals surface area contributed by atoms with E-state index >= 15 is 0 Å². The second-order valence-electron chi connectivity index (χ2n) is 3.30. The predicted molar refractivity (Wildman–Crippen MR) is 68.9 cm³/mol. The van der Waals surface area contributed by atoms with Crippen molar-refractivity contribution in [3.63, 3.8) is 0 Å². The highest BCUT2D eigenvalue weighted by Crippen LogP contribution is 2.16. The molecule has 8 heteroatoms. The summed E-state index contributed by atoms with van der Waals surface area (Å²) in [7, 11) is 0. The zero-order valence-electron chi connectivity index (χ0n) is 9.26. The number of carbonyl (C=O) groups is 1. The van der Waals surface area contributed by atoms with Crippen molar-refractivity contribution in [2.45, 2.75) is 6.92 Å². The van der Waals surface area contributed by atoms with Crippen LogP contribution in [-0.4, -0.2) is 32.5 Å². The lowest BCUT2D eigenvalue weighted by atomic mass is 10.5. The van der Waals surface area contributed by atoms with Gasteiger partial charge in [0, 0.05) is 5.38 Å². The number of nitrogens with one attached hydrogen (secondary N) is 1. The number of rotatable bonds is 3. The maximum atomic E-state index is 11.5. The molecule has 0 atom stereocenters. The van der Waals surface area contributed by atoms with Crippen LogP contribution < -0.4 is 10.9 Å². The molecule has 1 N–H and O–H groups in total. The highest BCUT2D eigenvalue weighted by Gasteiger charge is 2.10. The molecule has 1 amide bonds. The number of nitrogens with zero attached hydrogens (tertiary/aromatic N) is 3. The van der Waals surface area contributed by atoms with Crippen LogP contribution in [0.25, 0.3) is 4.96 Å². The van der Waals surface area contributed by atoms with E-state index < -0.39 is 0 Å². The Bertz CT molecular complexity index is 619. The maximum Gasteiger partial charge on any atom is 0.295 e. The van der Waals surface area contributed by atoms with Gasteiger partial charge in [-0.1, -0.05) is 0 Å². The van der Waals surface area contributed by atoms with Crippen LogP contribution in [0.2, 0.25) is 0 Å². The Balaban J connectivity index is 2.39. The normalized spacial score (nSPS) is 10.7. The molecular formula is C9H10N4O2S2. The van der Waals surface area contributed by atoms with E-state index in [0.717, 1.165) is 0 Å². The summed E-state index contributed by atoms with van der Waals surface area (Å²) in [5, 5.41) is 8.52. The molecule has 2 rings (SSSR count). The SMILES string of the molecule is CSCC(=O)Nc1csc2nc(=O)c(C)nn12. The number of carbonyl (C=O) groups excluding carboxylic acids is 1. The Kier molecular flexibility index (Phi) is 3.43. The fraction of sp³-hybridized carbons (Fsp3) is 0.333. The summed E-state index contributed by atoms with van der Waals surface area (Å²) in [4.78, 5) is 27.1. The van der Waals surface area contributed by atoms with Crippen molar-refractivity contribution in [2.75, 3.05) is 17.3 Å². The lowest BCUT2D eigenvalue weighted by Gasteiger charge is -2.02. The monoisotopic (exact) mass is 270 g/mol. The van der Waals surface area contributed by atoms with Crippen molar-refractivity contribution in [2.24, 2.45) is 0 Å². The first kappa shape index (κ1) is 12.1. The van der Waals surface area contributed by atoms with Gasteiger partial charge in [0.25, 0.3) is 5.56 Å². The standard InChI is InChI=1S/C9H10N4O2S2/c1-5-8(15)11-9-13(12-5)6(3-17-9)10-7(14)4-16-2/h3H,4H2,1-2H3,(H,10,14). The van der Waals surface area contributed by atoms with E-state index in [0.29, 0.717) is 22.2 Å². The molecule has 0 fully saturated rings. The molecule has 6 nitrogen and oxygen atoms in total. The number of thiazole rings is 1. The molecule has 0 bridgehead atoms. The third-order valence-electron chi connectivity index (χ3n) is 1.98. The van der Waals surface area contributed by atoms with E-state index in [-0.39, 0.29) is 11.5 Å². The van der Waals surface area contributed by atoms with Crippen LogP contribution in [-0.2, 0) is 4.79 Å². The zero-order valence-corrected chi connectivity index (χ0v) is 10.9. The second-order valence-corrected chi connectivity index (χ2v) is 5.00. The molecule has 2 aromatic rings. The highest BCUT2D eigenvalue weighted by atomic mass is 32.2. The minimum Gasteiger partial charge on any atom is -0.309 e. The maximum absolute atomic E-state index is 11.5. The summed E-state index contributed by atoms with van der Waals surface area (Å²) >= 11 is 2.70. The van der Waals surface area contributed by atoms with Gasteiger partial charge < -0.3 is 5.32 Å². The third-order valence-corrected chi connectivity index (χ3v) is 3.35. The van der Waals surface area contributed by atoms with Crippen LogP contribution >= 0.6 is 23.1 Å². The average Bonchev–Trinajstić information content (AvgIpc) is 2.63. The number of hydrogen-bond donors (Lipinski definition) is 1. The van der Waals surface area contributed by atoms with Crippen LogP contribution in [0.15, 0.2) is 10.2 Å². The largest absolute Gasteiger partial charge is 0.309 e. The molecule has 2 aromatic heterocycles. The molecule has 0 saturated carbocycles. The number of aryl methyl sites for hydroxylation is 1. The first-order chi connectivity index (χ1) is 8.11. The van der Waals surface area contributed by atoms with E-state index in [1.807, 2.05) is 6.26 Å². The Morgan fingerprint density at radius 3 is 3.12 bits per heavy atom. The van der Waals surface area contributed by atoms with Crippen LogP contribution in [0.5, 0.6) is 0 Å². The number of amides is 1. The van der Waals surface area contributed by atoms with Gasteiger partial charge in [0.1, 0.15) is 11.5 Å². The van der Waals surface area contributed by atoms with Gasteiger partial charge in [0.05, 0.1) is 5.75 Å². The molecule has 2 heterocycles. The van der Waals surface area contributed by atoms with Crippen molar-refractivity contribution in [1.82, 2.24) is 14.6 Å². The second kappa shape index (κ2) is 4.84. The van der Waals surface area contributed by atoms with Gasteiger partial charge >= 0.3 is 0 Å². The Morgan fingerprint density at radius 1 is 1.65 bits per heavy atom. The van der Waals surface area contributed by atoms with Gasteiger partial charge in [-0.05, 0) is 13.2 Å². The first-order valence-electron chi connectivity index (χ1n) is 4.76. The van der Waals surface area contributed by atoms with Crippen molar-refractivity contribution < 1.29 is 4.79 Å². The number of fused-ring (bicyclic) bond motifs is 1. The van der Waals surface area contributed by atoms with E-state index in [4.69, 9.17) is 0 Å². The number of aromatic nitrogens is 3. The minimum atomic E-state index is -0.339. The van der Waals surface area contributed by atoms with Crippen LogP contribution in [0.1, 0.15) is 5.69 Å². The molecule has 0 radical (unpaired) electrons. The summed E-state index contributed by atoms with van der Waals surface area (Å²) in [5.74, 6) is 0.819. The molecule has 0 aliphatic carbocycles. The molecular weight excluding hydrogens is 260 g/mol. The Labute approximate surface area is 105 Å². The number of hydrogen-bond acceptors (Lipinski definition) is 6. The fourth-order valence-corrected chi connectivity index (χ4v) is 2.32. The fourth-order valence-electron chi connectivity index (χ4n) is 1.23. The summed E-state index contributed by atoms with van der Waals surface area (Å²) in [6, 6.07) is 0. The number of anilines is 1. The average molecular weight is 270 g/mol. The van der Waals surface area contributed by atoms with Crippen LogP contribution in [0, 0.1) is 6.92 Å². The predicted octanol–water partition coefficient (Wildman–Crippen LogP) is 0.761. The third kappa shape index (κ3) is 2.47. The molecule has 0 aliphatic heterocycles. The van der Waals surface area contributed by atoms with E-state index in [1.54, 1.807) is 12.3 Å². The molecule has 0 saturated heterocycles. The first-order valence-corrected chi connectivity index (χ1v) is 7.03. The van der Waals surface area contributed by atoms with E-state index in [1.165, 1.54) is 27.6 Å². The Morgan fingerprint density at radius 2 is 2.41 bits per heavy atom. The summed E-state index contributed by atoms with van der Waals surface area (Å²) < 4.78 is 1.47. The molecule has 0 unspecified atom stereocenters. The van der Waals surface area contributed by atoms with Crippen LogP contribution in [0.3, 0.4) is 0 Å². The van der Waals surface area contributed by atoms with E-state index in [9.17, 15) is 9.59 Å². The lowest BCUT2D eigenvalue weighted by Crippen LogP contribution is -2.19. The minimum absolute atomic E-state index is 0.102. The van der Waals surface area contributed by atoms with Gasteiger partial charge in [-0.25, -0.2) is 0 Å². The molecule has 90 valence electrons. The van der Waals surface area contributed by atoms with E-state index in [2.05, 4.69) is 15.4 Å². The van der Waals surface area contributed by atoms with Gasteiger partial charge in [-0.3, -0.25) is 9.59 Å². The molecule has 0 aliphatic rings. The van der Waals surface area contributed by atoms with Crippen molar-refractivity contribution in [3.8, 4) is 0 Å². The summed E-state index contributed by atoms with van der Waals surface area (Å²) in [6.45, 7) is 1.59. The Hall–Kier alpha value is -1.41. The van der Waals surface area contributed by atoms with Crippen molar-refractivity contribution in [1.29, 1.82) is 0 Å². The van der Waals surface area contributed by atoms with Crippen LogP contribution in [0.4, 0.5) is 5.82 Å². The summed E-state index contributed by atoms with van der Waals surface area (Å²) in [5.41, 5.74) is -0.0323. The number of thioether (sulfide) groups is 1. The lowest BCUT2D eigenvalue weighted by molar-refractivity contribution is -0.113. The van der Waals surface area contributed by atoms with Gasteiger partial charge in [0.15, 0.2) is 0 Å². The topological polar surface area (TPSA) is 76.4 Å². The van der Waals surface area contributed by atoms with Crippen molar-refractivity contribution in [3.05, 3.63) is 21.4 Å². The molecule has 0 spiro atoms. The highest BCUT2D eigenvalue weighted by molar-refractivity contribution is 7.99. The smallest absolute Gasteiger partial charge is 0.295 e. The quantitative estimate of drug-likeness (QED) is 0.891. The summed E-state index contributed by atoms with van der Waals surface area (Å²) in [6.07, 6.45) is 1.85.